The van der Waals surface area contributed by atoms with Crippen LogP contribution in [0.15, 0.2) is 24.3 Å². The van der Waals surface area contributed by atoms with Crippen LogP contribution in [-0.4, -0.2) is 30.4 Å². The minimum atomic E-state index is 0.0846. The van der Waals surface area contributed by atoms with Gasteiger partial charge in [0.25, 0.3) is 0 Å². The number of nitrogen functional groups attached to an aromatic ring is 1. The standard InChI is InChI=1S/C14H23N3O/c1-3-9-17(11-14(18)16-4-2)10-12-5-7-13(15)8-6-12/h5-8H,3-4,9-11,15H2,1-2H3,(H,16,18). The molecule has 0 aliphatic carbocycles. The molecule has 0 bridgehead atoms. The normalized spacial score (nSPS) is 10.6. The maximum atomic E-state index is 11.6. The number of anilines is 1. The van der Waals surface area contributed by atoms with Gasteiger partial charge in [-0.05, 0) is 37.6 Å². The van der Waals surface area contributed by atoms with Crippen molar-refractivity contribution in [2.45, 2.75) is 26.8 Å². The first-order valence-corrected chi connectivity index (χ1v) is 6.49. The third-order valence-electron chi connectivity index (χ3n) is 2.67. The first-order valence-electron chi connectivity index (χ1n) is 6.49. The number of nitrogens with one attached hydrogen (secondary N) is 1. The fourth-order valence-corrected chi connectivity index (χ4v) is 1.87. The molecule has 0 saturated heterocycles. The van der Waals surface area contributed by atoms with Crippen molar-refractivity contribution < 1.29 is 4.79 Å². The summed E-state index contributed by atoms with van der Waals surface area (Å²) in [6.45, 7) is 6.88. The molecule has 0 unspecified atom stereocenters. The van der Waals surface area contributed by atoms with Gasteiger partial charge in [0.2, 0.25) is 5.91 Å². The number of hydrogen-bond donors (Lipinski definition) is 2. The second-order valence-electron chi connectivity index (χ2n) is 4.41. The second kappa shape index (κ2) is 7.71. The number of carbonyl (C=O) groups is 1. The molecule has 0 heterocycles. The Bertz CT molecular complexity index is 362. The molecular formula is C14H23N3O. The molecule has 0 fully saturated rings. The predicted octanol–water partition coefficient (Wildman–Crippen LogP) is 1.62. The van der Waals surface area contributed by atoms with Gasteiger partial charge in [0, 0.05) is 18.8 Å². The maximum Gasteiger partial charge on any atom is 0.234 e. The Morgan fingerprint density at radius 1 is 1.28 bits per heavy atom. The van der Waals surface area contributed by atoms with E-state index >= 15 is 0 Å². The Morgan fingerprint density at radius 2 is 1.94 bits per heavy atom. The van der Waals surface area contributed by atoms with Gasteiger partial charge >= 0.3 is 0 Å². The van der Waals surface area contributed by atoms with Gasteiger partial charge in [-0.25, -0.2) is 0 Å². The smallest absolute Gasteiger partial charge is 0.234 e. The number of hydrogen-bond acceptors (Lipinski definition) is 3. The highest BCUT2D eigenvalue weighted by Crippen LogP contribution is 2.08. The van der Waals surface area contributed by atoms with E-state index in [1.165, 1.54) is 5.56 Å². The summed E-state index contributed by atoms with van der Waals surface area (Å²) in [7, 11) is 0. The third-order valence-corrected chi connectivity index (χ3v) is 2.67. The lowest BCUT2D eigenvalue weighted by Crippen LogP contribution is -2.37. The van der Waals surface area contributed by atoms with Crippen LogP contribution in [0, 0.1) is 0 Å². The average Bonchev–Trinajstić information content (AvgIpc) is 2.32. The van der Waals surface area contributed by atoms with Gasteiger partial charge in [0.1, 0.15) is 0 Å². The molecule has 0 aliphatic heterocycles. The minimum Gasteiger partial charge on any atom is -0.399 e. The Morgan fingerprint density at radius 3 is 2.50 bits per heavy atom. The van der Waals surface area contributed by atoms with Crippen LogP contribution in [0.1, 0.15) is 25.8 Å². The fraction of sp³-hybridized carbons (Fsp3) is 0.500. The highest BCUT2D eigenvalue weighted by Gasteiger charge is 2.09. The Balaban J connectivity index is 2.56. The van der Waals surface area contributed by atoms with Crippen LogP contribution in [0.3, 0.4) is 0 Å². The van der Waals surface area contributed by atoms with E-state index in [9.17, 15) is 4.79 Å². The number of likely N-dealkylation sites (N-methyl/N-ethyl adjacent to an activating group) is 1. The van der Waals surface area contributed by atoms with Crippen molar-refractivity contribution in [3.8, 4) is 0 Å². The molecule has 1 aromatic carbocycles. The lowest BCUT2D eigenvalue weighted by molar-refractivity contribution is -0.122. The molecule has 4 heteroatoms. The van der Waals surface area contributed by atoms with E-state index in [4.69, 9.17) is 5.73 Å². The van der Waals surface area contributed by atoms with Crippen LogP contribution in [0.25, 0.3) is 0 Å². The molecule has 1 amide bonds. The summed E-state index contributed by atoms with van der Waals surface area (Å²) in [5.41, 5.74) is 7.61. The number of rotatable bonds is 7. The van der Waals surface area contributed by atoms with Crippen molar-refractivity contribution in [2.75, 3.05) is 25.4 Å². The van der Waals surface area contributed by atoms with Crippen LogP contribution >= 0.6 is 0 Å². The molecule has 0 aromatic heterocycles. The summed E-state index contributed by atoms with van der Waals surface area (Å²) in [5.74, 6) is 0.0846. The van der Waals surface area contributed by atoms with Crippen LogP contribution in [0.2, 0.25) is 0 Å². The zero-order valence-corrected chi connectivity index (χ0v) is 11.3. The number of nitrogens with zero attached hydrogens (tertiary/aromatic N) is 1. The van der Waals surface area contributed by atoms with Crippen molar-refractivity contribution in [3.63, 3.8) is 0 Å². The van der Waals surface area contributed by atoms with E-state index < -0.39 is 0 Å². The summed E-state index contributed by atoms with van der Waals surface area (Å²) in [6.07, 6.45) is 1.04. The fourth-order valence-electron chi connectivity index (χ4n) is 1.87. The van der Waals surface area contributed by atoms with Crippen LogP contribution in [0.5, 0.6) is 0 Å². The highest BCUT2D eigenvalue weighted by atomic mass is 16.2. The van der Waals surface area contributed by atoms with Crippen molar-refractivity contribution >= 4 is 11.6 Å². The summed E-state index contributed by atoms with van der Waals surface area (Å²) in [4.78, 5) is 13.7. The number of amides is 1. The molecule has 1 aromatic rings. The monoisotopic (exact) mass is 249 g/mol. The molecule has 0 spiro atoms. The van der Waals surface area contributed by atoms with Gasteiger partial charge in [-0.2, -0.15) is 0 Å². The average molecular weight is 249 g/mol. The van der Waals surface area contributed by atoms with Gasteiger partial charge in [-0.1, -0.05) is 19.1 Å². The van der Waals surface area contributed by atoms with Gasteiger partial charge in [0.05, 0.1) is 6.54 Å². The second-order valence-corrected chi connectivity index (χ2v) is 4.41. The zero-order chi connectivity index (χ0) is 13.4. The molecule has 18 heavy (non-hydrogen) atoms. The van der Waals surface area contributed by atoms with Crippen LogP contribution in [0.4, 0.5) is 5.69 Å². The molecule has 4 nitrogen and oxygen atoms in total. The van der Waals surface area contributed by atoms with Gasteiger partial charge < -0.3 is 11.1 Å². The van der Waals surface area contributed by atoms with E-state index in [1.807, 2.05) is 31.2 Å². The van der Waals surface area contributed by atoms with Gasteiger partial charge in [-0.15, -0.1) is 0 Å². The quantitative estimate of drug-likeness (QED) is 0.722. The lowest BCUT2D eigenvalue weighted by Gasteiger charge is -2.21. The lowest BCUT2D eigenvalue weighted by atomic mass is 10.2. The summed E-state index contributed by atoms with van der Waals surface area (Å²) >= 11 is 0. The van der Waals surface area contributed by atoms with Crippen molar-refractivity contribution in [3.05, 3.63) is 29.8 Å². The summed E-state index contributed by atoms with van der Waals surface area (Å²) in [5, 5.41) is 2.83. The minimum absolute atomic E-state index is 0.0846. The first-order chi connectivity index (χ1) is 8.65. The Hall–Kier alpha value is -1.55. The number of nitrogens with two attached hydrogens (primary N) is 1. The van der Waals surface area contributed by atoms with Crippen LogP contribution < -0.4 is 11.1 Å². The van der Waals surface area contributed by atoms with Gasteiger partial charge in [-0.3, -0.25) is 9.69 Å². The van der Waals surface area contributed by atoms with E-state index in [2.05, 4.69) is 17.1 Å². The Labute approximate surface area is 109 Å². The summed E-state index contributed by atoms with van der Waals surface area (Å²) < 4.78 is 0. The molecule has 1 rings (SSSR count). The molecule has 0 radical (unpaired) electrons. The molecule has 0 atom stereocenters. The topological polar surface area (TPSA) is 58.4 Å². The van der Waals surface area contributed by atoms with E-state index in [1.54, 1.807) is 0 Å². The molecule has 3 N–H and O–H groups in total. The third kappa shape index (κ3) is 5.19. The number of carbonyl (C=O) groups excluding carboxylic acids is 1. The number of benzene rings is 1. The van der Waals surface area contributed by atoms with E-state index in [0.717, 1.165) is 25.2 Å². The van der Waals surface area contributed by atoms with Crippen molar-refractivity contribution in [1.29, 1.82) is 0 Å². The molecule has 100 valence electrons. The van der Waals surface area contributed by atoms with Crippen molar-refractivity contribution in [1.82, 2.24) is 10.2 Å². The largest absolute Gasteiger partial charge is 0.399 e. The summed E-state index contributed by atoms with van der Waals surface area (Å²) in [6, 6.07) is 7.81. The highest BCUT2D eigenvalue weighted by molar-refractivity contribution is 5.77. The van der Waals surface area contributed by atoms with E-state index in [0.29, 0.717) is 13.1 Å². The van der Waals surface area contributed by atoms with Crippen molar-refractivity contribution in [2.24, 2.45) is 0 Å². The van der Waals surface area contributed by atoms with Crippen LogP contribution in [-0.2, 0) is 11.3 Å². The SMILES string of the molecule is CCCN(CC(=O)NCC)Cc1ccc(N)cc1. The molecular weight excluding hydrogens is 226 g/mol. The van der Waals surface area contributed by atoms with E-state index in [-0.39, 0.29) is 5.91 Å². The Kier molecular flexibility index (Phi) is 6.22. The maximum absolute atomic E-state index is 11.6. The van der Waals surface area contributed by atoms with Gasteiger partial charge in [0.15, 0.2) is 0 Å². The molecule has 0 saturated carbocycles. The first kappa shape index (κ1) is 14.5. The molecule has 0 aliphatic rings. The predicted molar refractivity (Wildman–Crippen MR) is 75.1 cm³/mol. The zero-order valence-electron chi connectivity index (χ0n) is 11.3.